The Kier molecular flexibility index (Phi) is 4.85. The Hall–Kier alpha value is -0.610. The molecule has 4 heteroatoms. The lowest BCUT2D eigenvalue weighted by molar-refractivity contribution is -0.149. The standard InChI is InChI=1S/C15H27NO3/c1-11(2)16-15(14(17)18)8-3-4-13(10-15)19-9-7-12-5-6-12/h11-13,16H,3-10H2,1-2H3,(H,17,18). The number of aliphatic carboxylic acids is 1. The Morgan fingerprint density at radius 3 is 2.74 bits per heavy atom. The van der Waals surface area contributed by atoms with Gasteiger partial charge in [0.25, 0.3) is 0 Å². The number of ether oxygens (including phenoxy) is 1. The van der Waals surface area contributed by atoms with Crippen LogP contribution in [0.15, 0.2) is 0 Å². The van der Waals surface area contributed by atoms with Crippen molar-refractivity contribution in [2.75, 3.05) is 6.61 Å². The van der Waals surface area contributed by atoms with Crippen molar-refractivity contribution in [3.63, 3.8) is 0 Å². The van der Waals surface area contributed by atoms with Crippen molar-refractivity contribution in [3.8, 4) is 0 Å². The molecule has 2 atom stereocenters. The van der Waals surface area contributed by atoms with E-state index >= 15 is 0 Å². The number of carbonyl (C=O) groups is 1. The summed E-state index contributed by atoms with van der Waals surface area (Å²) in [5, 5.41) is 12.8. The van der Waals surface area contributed by atoms with E-state index in [9.17, 15) is 9.90 Å². The van der Waals surface area contributed by atoms with E-state index in [0.29, 0.717) is 12.8 Å². The smallest absolute Gasteiger partial charge is 0.324 e. The fourth-order valence-corrected chi connectivity index (χ4v) is 3.11. The highest BCUT2D eigenvalue weighted by molar-refractivity contribution is 5.79. The fourth-order valence-electron chi connectivity index (χ4n) is 3.11. The van der Waals surface area contributed by atoms with Gasteiger partial charge < -0.3 is 9.84 Å². The number of hydrogen-bond donors (Lipinski definition) is 2. The van der Waals surface area contributed by atoms with Crippen LogP contribution in [-0.2, 0) is 9.53 Å². The topological polar surface area (TPSA) is 58.6 Å². The molecule has 2 fully saturated rings. The molecule has 0 aromatic rings. The first-order valence-electron chi connectivity index (χ1n) is 7.64. The van der Waals surface area contributed by atoms with E-state index in [4.69, 9.17) is 4.74 Å². The second kappa shape index (κ2) is 6.23. The number of hydrogen-bond acceptors (Lipinski definition) is 3. The van der Waals surface area contributed by atoms with Gasteiger partial charge in [0, 0.05) is 19.1 Å². The molecule has 0 spiro atoms. The lowest BCUT2D eigenvalue weighted by atomic mass is 9.79. The Morgan fingerprint density at radius 1 is 1.42 bits per heavy atom. The molecule has 19 heavy (non-hydrogen) atoms. The molecular weight excluding hydrogens is 242 g/mol. The quantitative estimate of drug-likeness (QED) is 0.746. The minimum atomic E-state index is -0.781. The summed E-state index contributed by atoms with van der Waals surface area (Å²) < 4.78 is 5.92. The summed E-state index contributed by atoms with van der Waals surface area (Å²) in [5.41, 5.74) is -0.781. The molecule has 2 aliphatic carbocycles. The Balaban J connectivity index is 1.86. The summed E-state index contributed by atoms with van der Waals surface area (Å²) in [6.07, 6.45) is 7.20. The van der Waals surface area contributed by atoms with Gasteiger partial charge in [0.1, 0.15) is 5.54 Å². The third-order valence-corrected chi connectivity index (χ3v) is 4.26. The average molecular weight is 269 g/mol. The molecule has 0 amide bonds. The van der Waals surface area contributed by atoms with Crippen molar-refractivity contribution in [2.45, 2.75) is 76.5 Å². The summed E-state index contributed by atoms with van der Waals surface area (Å²) in [5.74, 6) is 0.151. The first-order chi connectivity index (χ1) is 9.02. The first kappa shape index (κ1) is 14.8. The van der Waals surface area contributed by atoms with E-state index in [0.717, 1.165) is 31.8 Å². The van der Waals surface area contributed by atoms with Crippen LogP contribution in [0.3, 0.4) is 0 Å². The molecule has 2 unspecified atom stereocenters. The van der Waals surface area contributed by atoms with Gasteiger partial charge in [-0.2, -0.15) is 0 Å². The number of carboxylic acids is 1. The van der Waals surface area contributed by atoms with Gasteiger partial charge in [0.05, 0.1) is 6.10 Å². The minimum Gasteiger partial charge on any atom is -0.480 e. The van der Waals surface area contributed by atoms with E-state index in [1.165, 1.54) is 12.8 Å². The van der Waals surface area contributed by atoms with Crippen molar-refractivity contribution >= 4 is 5.97 Å². The van der Waals surface area contributed by atoms with Gasteiger partial charge in [-0.3, -0.25) is 10.1 Å². The molecule has 0 heterocycles. The highest BCUT2D eigenvalue weighted by atomic mass is 16.5. The van der Waals surface area contributed by atoms with Crippen LogP contribution >= 0.6 is 0 Å². The molecular formula is C15H27NO3. The number of nitrogens with one attached hydrogen (secondary N) is 1. The summed E-state index contributed by atoms with van der Waals surface area (Å²) >= 11 is 0. The van der Waals surface area contributed by atoms with Gasteiger partial charge in [-0.15, -0.1) is 0 Å². The van der Waals surface area contributed by atoms with Gasteiger partial charge in [-0.1, -0.05) is 12.8 Å². The SMILES string of the molecule is CC(C)NC1(C(=O)O)CCCC(OCCC2CC2)C1. The predicted octanol–water partition coefficient (Wildman–Crippen LogP) is 2.57. The van der Waals surface area contributed by atoms with Crippen LogP contribution in [0.4, 0.5) is 0 Å². The highest BCUT2D eigenvalue weighted by Crippen LogP contribution is 2.34. The van der Waals surface area contributed by atoms with Crippen LogP contribution in [0, 0.1) is 5.92 Å². The highest BCUT2D eigenvalue weighted by Gasteiger charge is 2.43. The van der Waals surface area contributed by atoms with Crippen LogP contribution in [-0.4, -0.2) is 35.4 Å². The van der Waals surface area contributed by atoms with Crippen LogP contribution in [0.5, 0.6) is 0 Å². The van der Waals surface area contributed by atoms with E-state index in [1.807, 2.05) is 13.8 Å². The van der Waals surface area contributed by atoms with Crippen LogP contribution in [0.1, 0.15) is 58.8 Å². The van der Waals surface area contributed by atoms with Crippen molar-refractivity contribution in [1.29, 1.82) is 0 Å². The zero-order chi connectivity index (χ0) is 13.9. The molecule has 2 saturated carbocycles. The first-order valence-corrected chi connectivity index (χ1v) is 7.64. The molecule has 0 aromatic heterocycles. The van der Waals surface area contributed by atoms with Gasteiger partial charge in [-0.25, -0.2) is 0 Å². The molecule has 110 valence electrons. The fraction of sp³-hybridized carbons (Fsp3) is 0.933. The average Bonchev–Trinajstić information content (AvgIpc) is 3.12. The van der Waals surface area contributed by atoms with Crippen LogP contribution in [0.25, 0.3) is 0 Å². The maximum absolute atomic E-state index is 11.6. The third-order valence-electron chi connectivity index (χ3n) is 4.26. The molecule has 2 N–H and O–H groups in total. The summed E-state index contributed by atoms with van der Waals surface area (Å²) in [6.45, 7) is 4.80. The predicted molar refractivity (Wildman–Crippen MR) is 74.2 cm³/mol. The Morgan fingerprint density at radius 2 is 2.16 bits per heavy atom. The second-order valence-electron chi connectivity index (χ2n) is 6.51. The summed E-state index contributed by atoms with van der Waals surface area (Å²) in [7, 11) is 0. The number of rotatable bonds is 7. The minimum absolute atomic E-state index is 0.106. The number of carboxylic acid groups (broad SMARTS) is 1. The zero-order valence-electron chi connectivity index (χ0n) is 12.2. The summed E-state index contributed by atoms with van der Waals surface area (Å²) in [4.78, 5) is 11.6. The van der Waals surface area contributed by atoms with Crippen molar-refractivity contribution in [3.05, 3.63) is 0 Å². The lowest BCUT2D eigenvalue weighted by Crippen LogP contribution is -2.58. The van der Waals surface area contributed by atoms with Gasteiger partial charge in [0.15, 0.2) is 0 Å². The van der Waals surface area contributed by atoms with Crippen molar-refractivity contribution in [1.82, 2.24) is 5.32 Å². The van der Waals surface area contributed by atoms with Crippen molar-refractivity contribution < 1.29 is 14.6 Å². The normalized spacial score (nSPS) is 31.6. The lowest BCUT2D eigenvalue weighted by Gasteiger charge is -2.39. The second-order valence-corrected chi connectivity index (χ2v) is 6.51. The Labute approximate surface area is 115 Å². The third kappa shape index (κ3) is 4.18. The largest absolute Gasteiger partial charge is 0.480 e. The maximum Gasteiger partial charge on any atom is 0.324 e. The summed E-state index contributed by atoms with van der Waals surface area (Å²) in [6, 6.07) is 0.182. The molecule has 2 rings (SSSR count). The molecule has 0 bridgehead atoms. The molecule has 0 radical (unpaired) electrons. The molecule has 0 aromatic carbocycles. The molecule has 0 aliphatic heterocycles. The van der Waals surface area contributed by atoms with Crippen molar-refractivity contribution in [2.24, 2.45) is 5.92 Å². The molecule has 0 saturated heterocycles. The van der Waals surface area contributed by atoms with Gasteiger partial charge in [-0.05, 0) is 45.4 Å². The molecule has 2 aliphatic rings. The van der Waals surface area contributed by atoms with E-state index < -0.39 is 11.5 Å². The molecule has 4 nitrogen and oxygen atoms in total. The van der Waals surface area contributed by atoms with E-state index in [2.05, 4.69) is 5.32 Å². The van der Waals surface area contributed by atoms with Gasteiger partial charge in [0.2, 0.25) is 0 Å². The van der Waals surface area contributed by atoms with Crippen LogP contribution < -0.4 is 5.32 Å². The monoisotopic (exact) mass is 269 g/mol. The van der Waals surface area contributed by atoms with Crippen LogP contribution in [0.2, 0.25) is 0 Å². The maximum atomic E-state index is 11.6. The zero-order valence-corrected chi connectivity index (χ0v) is 12.2. The Bertz CT molecular complexity index is 315. The van der Waals surface area contributed by atoms with Gasteiger partial charge >= 0.3 is 5.97 Å². The van der Waals surface area contributed by atoms with E-state index in [-0.39, 0.29) is 12.1 Å². The van der Waals surface area contributed by atoms with E-state index in [1.54, 1.807) is 0 Å².